The number of fused-ring (bicyclic) bond motifs is 1. The van der Waals surface area contributed by atoms with E-state index in [0.29, 0.717) is 29.2 Å². The lowest BCUT2D eigenvalue weighted by Gasteiger charge is -2.18. The normalized spacial score (nSPS) is 27.4. The summed E-state index contributed by atoms with van der Waals surface area (Å²) in [5.41, 5.74) is 0.830. The lowest BCUT2D eigenvalue weighted by Crippen LogP contribution is -2.43. The number of carbonyl (C=O) groups is 1. The fourth-order valence-corrected chi connectivity index (χ4v) is 3.89. The van der Waals surface area contributed by atoms with Crippen LogP contribution in [-0.2, 0) is 11.3 Å². The van der Waals surface area contributed by atoms with Gasteiger partial charge in [-0.25, -0.2) is 0 Å². The smallest absolute Gasteiger partial charge is 0.237 e. The topological polar surface area (TPSA) is 50.4 Å². The van der Waals surface area contributed by atoms with Crippen molar-refractivity contribution in [1.82, 2.24) is 10.6 Å². The number of ether oxygens (including phenoxy) is 1. The Balaban J connectivity index is 1.64. The van der Waals surface area contributed by atoms with Crippen LogP contribution in [-0.4, -0.2) is 25.6 Å². The molecular formula is C16H21ClN2O2. The molecule has 3 unspecified atom stereocenters. The van der Waals surface area contributed by atoms with Gasteiger partial charge in [0.05, 0.1) is 13.2 Å². The molecule has 1 heterocycles. The highest BCUT2D eigenvalue weighted by Gasteiger charge is 2.42. The van der Waals surface area contributed by atoms with E-state index < -0.39 is 0 Å². The van der Waals surface area contributed by atoms with Gasteiger partial charge in [0.1, 0.15) is 5.75 Å². The molecule has 0 bridgehead atoms. The highest BCUT2D eigenvalue weighted by molar-refractivity contribution is 6.31. The fraction of sp³-hybridized carbons (Fsp3) is 0.562. The molecule has 1 saturated heterocycles. The Morgan fingerprint density at radius 1 is 1.48 bits per heavy atom. The van der Waals surface area contributed by atoms with Crippen LogP contribution in [0.4, 0.5) is 0 Å². The van der Waals surface area contributed by atoms with Crippen LogP contribution in [0.5, 0.6) is 5.75 Å². The van der Waals surface area contributed by atoms with E-state index >= 15 is 0 Å². The van der Waals surface area contributed by atoms with Gasteiger partial charge in [0, 0.05) is 17.1 Å². The van der Waals surface area contributed by atoms with Crippen LogP contribution in [0.25, 0.3) is 0 Å². The van der Waals surface area contributed by atoms with Crippen LogP contribution in [0.1, 0.15) is 24.8 Å². The number of hydrogen-bond donors (Lipinski definition) is 2. The Morgan fingerprint density at radius 2 is 2.33 bits per heavy atom. The highest BCUT2D eigenvalue weighted by Crippen LogP contribution is 2.37. The number of carbonyl (C=O) groups excluding carboxylic acids is 1. The van der Waals surface area contributed by atoms with Crippen molar-refractivity contribution < 1.29 is 9.53 Å². The second-order valence-electron chi connectivity index (χ2n) is 5.88. The van der Waals surface area contributed by atoms with Crippen molar-refractivity contribution in [2.24, 2.45) is 11.8 Å². The summed E-state index contributed by atoms with van der Waals surface area (Å²) in [6.45, 7) is 1.37. The molecule has 21 heavy (non-hydrogen) atoms. The zero-order valence-electron chi connectivity index (χ0n) is 12.2. The van der Waals surface area contributed by atoms with E-state index in [1.807, 2.05) is 18.2 Å². The molecule has 3 rings (SSSR count). The molecule has 4 nitrogen and oxygen atoms in total. The molecule has 1 aliphatic heterocycles. The first kappa shape index (κ1) is 14.7. The van der Waals surface area contributed by atoms with Gasteiger partial charge in [-0.2, -0.15) is 0 Å². The van der Waals surface area contributed by atoms with Crippen LogP contribution in [0.3, 0.4) is 0 Å². The van der Waals surface area contributed by atoms with Crippen molar-refractivity contribution >= 4 is 17.5 Å². The minimum atomic E-state index is -0.0500. The van der Waals surface area contributed by atoms with E-state index in [1.54, 1.807) is 7.11 Å². The largest absolute Gasteiger partial charge is 0.496 e. The summed E-state index contributed by atoms with van der Waals surface area (Å²) in [5, 5.41) is 6.98. The van der Waals surface area contributed by atoms with Gasteiger partial charge >= 0.3 is 0 Å². The molecule has 2 N–H and O–H groups in total. The number of rotatable bonds is 4. The SMILES string of the molecule is COc1cccc(Cl)c1CNC(=O)C1NCC2CCCC21. The number of amides is 1. The third-order valence-electron chi connectivity index (χ3n) is 4.76. The molecule has 1 saturated carbocycles. The number of halogens is 1. The summed E-state index contributed by atoms with van der Waals surface area (Å²) >= 11 is 6.19. The van der Waals surface area contributed by atoms with E-state index in [-0.39, 0.29) is 11.9 Å². The van der Waals surface area contributed by atoms with Crippen LogP contribution >= 0.6 is 11.6 Å². The molecule has 1 aromatic carbocycles. The zero-order chi connectivity index (χ0) is 14.8. The van der Waals surface area contributed by atoms with Crippen LogP contribution in [0, 0.1) is 11.8 Å². The van der Waals surface area contributed by atoms with Crippen molar-refractivity contribution in [3.05, 3.63) is 28.8 Å². The molecule has 1 aliphatic carbocycles. The maximum absolute atomic E-state index is 12.4. The Kier molecular flexibility index (Phi) is 4.36. The molecule has 1 aromatic rings. The molecule has 2 fully saturated rings. The van der Waals surface area contributed by atoms with Crippen LogP contribution in [0.15, 0.2) is 18.2 Å². The van der Waals surface area contributed by atoms with E-state index in [4.69, 9.17) is 16.3 Å². The number of nitrogens with one attached hydrogen (secondary N) is 2. The van der Waals surface area contributed by atoms with Crippen LogP contribution < -0.4 is 15.4 Å². The molecule has 0 spiro atoms. The third kappa shape index (κ3) is 2.87. The van der Waals surface area contributed by atoms with Gasteiger partial charge in [0.15, 0.2) is 0 Å². The minimum Gasteiger partial charge on any atom is -0.496 e. The van der Waals surface area contributed by atoms with Crippen molar-refractivity contribution in [1.29, 1.82) is 0 Å². The number of benzene rings is 1. The molecule has 5 heteroatoms. The Hall–Kier alpha value is -1.26. The van der Waals surface area contributed by atoms with E-state index in [2.05, 4.69) is 10.6 Å². The Bertz CT molecular complexity index is 535. The van der Waals surface area contributed by atoms with Crippen LogP contribution in [0.2, 0.25) is 5.02 Å². The van der Waals surface area contributed by atoms with Crippen molar-refractivity contribution in [2.45, 2.75) is 31.8 Å². The van der Waals surface area contributed by atoms with Crippen molar-refractivity contribution in [3.63, 3.8) is 0 Å². The molecular weight excluding hydrogens is 288 g/mol. The second kappa shape index (κ2) is 6.24. The summed E-state index contributed by atoms with van der Waals surface area (Å²) in [6.07, 6.45) is 3.66. The lowest BCUT2D eigenvalue weighted by atomic mass is 9.93. The predicted octanol–water partition coefficient (Wildman–Crippen LogP) is 2.35. The maximum atomic E-state index is 12.4. The summed E-state index contributed by atoms with van der Waals surface area (Å²) in [7, 11) is 1.61. The monoisotopic (exact) mass is 308 g/mol. The number of methoxy groups -OCH3 is 1. The predicted molar refractivity (Wildman–Crippen MR) is 82.5 cm³/mol. The third-order valence-corrected chi connectivity index (χ3v) is 5.12. The average molecular weight is 309 g/mol. The summed E-state index contributed by atoms with van der Waals surface area (Å²) in [4.78, 5) is 12.4. The summed E-state index contributed by atoms with van der Waals surface area (Å²) in [6, 6.07) is 5.46. The molecule has 114 valence electrons. The van der Waals surface area contributed by atoms with Crippen molar-refractivity contribution in [3.8, 4) is 5.75 Å². The standard InChI is InChI=1S/C16H21ClN2O2/c1-21-14-7-3-6-13(17)12(14)9-19-16(20)15-11-5-2-4-10(11)8-18-15/h3,6-7,10-11,15,18H,2,4-5,8-9H2,1H3,(H,19,20). The van der Waals surface area contributed by atoms with Gasteiger partial charge in [-0.05, 0) is 43.4 Å². The van der Waals surface area contributed by atoms with Gasteiger partial charge in [0.25, 0.3) is 0 Å². The fourth-order valence-electron chi connectivity index (χ4n) is 3.66. The van der Waals surface area contributed by atoms with Gasteiger partial charge in [-0.3, -0.25) is 4.79 Å². The minimum absolute atomic E-state index is 0.0500. The van der Waals surface area contributed by atoms with Gasteiger partial charge in [-0.15, -0.1) is 0 Å². The maximum Gasteiger partial charge on any atom is 0.237 e. The molecule has 0 radical (unpaired) electrons. The average Bonchev–Trinajstić information content (AvgIpc) is 3.08. The van der Waals surface area contributed by atoms with E-state index in [1.165, 1.54) is 12.8 Å². The molecule has 3 atom stereocenters. The van der Waals surface area contributed by atoms with Gasteiger partial charge in [0.2, 0.25) is 5.91 Å². The Labute approximate surface area is 130 Å². The molecule has 2 aliphatic rings. The quantitative estimate of drug-likeness (QED) is 0.898. The second-order valence-corrected chi connectivity index (χ2v) is 6.29. The van der Waals surface area contributed by atoms with Gasteiger partial charge < -0.3 is 15.4 Å². The molecule has 1 amide bonds. The summed E-state index contributed by atoms with van der Waals surface area (Å²) in [5.74, 6) is 1.96. The molecule has 0 aromatic heterocycles. The first-order valence-electron chi connectivity index (χ1n) is 7.53. The van der Waals surface area contributed by atoms with Crippen molar-refractivity contribution in [2.75, 3.05) is 13.7 Å². The number of hydrogen-bond acceptors (Lipinski definition) is 3. The first-order valence-corrected chi connectivity index (χ1v) is 7.91. The zero-order valence-corrected chi connectivity index (χ0v) is 13.0. The highest BCUT2D eigenvalue weighted by atomic mass is 35.5. The first-order chi connectivity index (χ1) is 10.2. The van der Waals surface area contributed by atoms with E-state index in [0.717, 1.165) is 18.5 Å². The summed E-state index contributed by atoms with van der Waals surface area (Å²) < 4.78 is 5.30. The van der Waals surface area contributed by atoms with Gasteiger partial charge in [-0.1, -0.05) is 24.1 Å². The van der Waals surface area contributed by atoms with E-state index in [9.17, 15) is 4.79 Å². The Morgan fingerprint density at radius 3 is 3.14 bits per heavy atom. The lowest BCUT2D eigenvalue weighted by molar-refractivity contribution is -0.123.